The van der Waals surface area contributed by atoms with Gasteiger partial charge in [0.05, 0.1) is 5.69 Å². The fourth-order valence-electron chi connectivity index (χ4n) is 4.12. The number of nitrogens with one attached hydrogen (secondary N) is 2. The second-order valence-corrected chi connectivity index (χ2v) is 7.76. The molecule has 2 N–H and O–H groups in total. The number of H-pyrrole nitrogens is 1. The minimum atomic E-state index is -0.0923. The van der Waals surface area contributed by atoms with E-state index in [0.29, 0.717) is 18.3 Å². The molecule has 24 heavy (non-hydrogen) atoms. The first kappa shape index (κ1) is 15.8. The zero-order chi connectivity index (χ0) is 16.7. The molecule has 1 amide bonds. The molecule has 6 nitrogen and oxygen atoms in total. The molecule has 1 aromatic rings. The molecule has 1 aromatic heterocycles. The summed E-state index contributed by atoms with van der Waals surface area (Å²) in [5.74, 6) is 2.47. The SMILES string of the molecule is Cc1nc(CN2C[C@H](NC(=O)C3CCC3)[C@@H](C3CC3)C2)cc(=O)[nH]1. The normalized spacial score (nSPS) is 27.9. The summed E-state index contributed by atoms with van der Waals surface area (Å²) < 4.78 is 0. The van der Waals surface area contributed by atoms with Crippen molar-refractivity contribution >= 4 is 5.91 Å². The molecule has 3 aliphatic rings. The van der Waals surface area contributed by atoms with Gasteiger partial charge in [-0.25, -0.2) is 4.98 Å². The van der Waals surface area contributed by atoms with Crippen molar-refractivity contribution in [3.63, 3.8) is 0 Å². The monoisotopic (exact) mass is 330 g/mol. The van der Waals surface area contributed by atoms with Crippen molar-refractivity contribution in [2.45, 2.75) is 51.6 Å². The van der Waals surface area contributed by atoms with Gasteiger partial charge in [0.15, 0.2) is 0 Å². The Hall–Kier alpha value is -1.69. The average molecular weight is 330 g/mol. The third-order valence-electron chi connectivity index (χ3n) is 5.77. The van der Waals surface area contributed by atoms with Crippen LogP contribution in [0.1, 0.15) is 43.6 Å². The van der Waals surface area contributed by atoms with E-state index in [1.165, 1.54) is 19.3 Å². The highest BCUT2D eigenvalue weighted by Crippen LogP contribution is 2.42. The van der Waals surface area contributed by atoms with E-state index in [9.17, 15) is 9.59 Å². The molecule has 0 spiro atoms. The summed E-state index contributed by atoms with van der Waals surface area (Å²) in [6, 6.07) is 1.84. The van der Waals surface area contributed by atoms with Crippen LogP contribution in [0.5, 0.6) is 0 Å². The summed E-state index contributed by atoms with van der Waals surface area (Å²) in [5.41, 5.74) is 0.724. The minimum Gasteiger partial charge on any atom is -0.352 e. The zero-order valence-corrected chi connectivity index (χ0v) is 14.3. The highest BCUT2D eigenvalue weighted by atomic mass is 16.2. The number of carbonyl (C=O) groups excluding carboxylic acids is 1. The minimum absolute atomic E-state index is 0.0923. The van der Waals surface area contributed by atoms with Gasteiger partial charge in [-0.2, -0.15) is 0 Å². The lowest BCUT2D eigenvalue weighted by Gasteiger charge is -2.28. The van der Waals surface area contributed by atoms with Gasteiger partial charge in [0.25, 0.3) is 5.56 Å². The van der Waals surface area contributed by atoms with Gasteiger partial charge >= 0.3 is 0 Å². The van der Waals surface area contributed by atoms with E-state index in [4.69, 9.17) is 0 Å². The largest absolute Gasteiger partial charge is 0.352 e. The predicted molar refractivity (Wildman–Crippen MR) is 90.4 cm³/mol. The van der Waals surface area contributed by atoms with Crippen molar-refractivity contribution in [2.75, 3.05) is 13.1 Å². The Bertz CT molecular complexity index is 678. The molecule has 6 heteroatoms. The molecule has 2 atom stereocenters. The summed E-state index contributed by atoms with van der Waals surface area (Å²) in [6.07, 6.45) is 5.86. The van der Waals surface area contributed by atoms with Gasteiger partial charge in [0.1, 0.15) is 5.82 Å². The smallest absolute Gasteiger partial charge is 0.251 e. The van der Waals surface area contributed by atoms with E-state index in [1.54, 1.807) is 6.07 Å². The Balaban J connectivity index is 1.41. The van der Waals surface area contributed by atoms with E-state index < -0.39 is 0 Å². The first-order chi connectivity index (χ1) is 11.6. The van der Waals surface area contributed by atoms with Crippen molar-refractivity contribution in [1.82, 2.24) is 20.2 Å². The second-order valence-electron chi connectivity index (χ2n) is 7.76. The number of aromatic amines is 1. The summed E-state index contributed by atoms with van der Waals surface area (Å²) in [6.45, 7) is 4.36. The number of likely N-dealkylation sites (tertiary alicyclic amines) is 1. The molecule has 2 aliphatic carbocycles. The van der Waals surface area contributed by atoms with Gasteiger partial charge in [-0.3, -0.25) is 14.5 Å². The van der Waals surface area contributed by atoms with Gasteiger partial charge in [-0.05, 0) is 44.4 Å². The maximum Gasteiger partial charge on any atom is 0.251 e. The van der Waals surface area contributed by atoms with E-state index in [0.717, 1.165) is 37.5 Å². The number of amides is 1. The quantitative estimate of drug-likeness (QED) is 0.850. The van der Waals surface area contributed by atoms with Crippen molar-refractivity contribution in [2.24, 2.45) is 17.8 Å². The van der Waals surface area contributed by atoms with Gasteiger partial charge in [-0.1, -0.05) is 6.42 Å². The Kier molecular flexibility index (Phi) is 4.16. The lowest BCUT2D eigenvalue weighted by Crippen LogP contribution is -2.45. The van der Waals surface area contributed by atoms with Crippen molar-refractivity contribution in [3.05, 3.63) is 27.9 Å². The van der Waals surface area contributed by atoms with Crippen LogP contribution in [0.4, 0.5) is 0 Å². The highest BCUT2D eigenvalue weighted by Gasteiger charge is 2.43. The van der Waals surface area contributed by atoms with Crippen molar-refractivity contribution < 1.29 is 4.79 Å². The van der Waals surface area contributed by atoms with E-state index in [1.807, 2.05) is 6.92 Å². The maximum absolute atomic E-state index is 12.3. The fourth-order valence-corrected chi connectivity index (χ4v) is 4.12. The predicted octanol–water partition coefficient (Wildman–Crippen LogP) is 1.21. The molecular formula is C18H26N4O2. The topological polar surface area (TPSA) is 78.1 Å². The average Bonchev–Trinajstić information content (AvgIpc) is 3.19. The first-order valence-electron chi connectivity index (χ1n) is 9.18. The number of hydrogen-bond donors (Lipinski definition) is 2. The summed E-state index contributed by atoms with van der Waals surface area (Å²) in [4.78, 5) is 33.4. The first-order valence-corrected chi connectivity index (χ1v) is 9.18. The van der Waals surface area contributed by atoms with Gasteiger partial charge in [0.2, 0.25) is 5.91 Å². The van der Waals surface area contributed by atoms with E-state index in [2.05, 4.69) is 20.2 Å². The summed E-state index contributed by atoms with van der Waals surface area (Å²) in [5, 5.41) is 3.32. The van der Waals surface area contributed by atoms with Crippen molar-refractivity contribution in [1.29, 1.82) is 0 Å². The van der Waals surface area contributed by atoms with Crippen LogP contribution in [0.15, 0.2) is 10.9 Å². The molecular weight excluding hydrogens is 304 g/mol. The molecule has 0 radical (unpaired) electrons. The molecule has 0 bridgehead atoms. The number of aromatic nitrogens is 2. The molecule has 2 saturated carbocycles. The van der Waals surface area contributed by atoms with Gasteiger partial charge in [0, 0.05) is 37.7 Å². The molecule has 0 unspecified atom stereocenters. The van der Waals surface area contributed by atoms with Crippen LogP contribution in [0.3, 0.4) is 0 Å². The van der Waals surface area contributed by atoms with Crippen LogP contribution >= 0.6 is 0 Å². The summed E-state index contributed by atoms with van der Waals surface area (Å²) in [7, 11) is 0. The molecule has 2 heterocycles. The Labute approximate surface area is 142 Å². The fraction of sp³-hybridized carbons (Fsp3) is 0.722. The molecule has 3 fully saturated rings. The number of carbonyl (C=O) groups is 1. The lowest BCUT2D eigenvalue weighted by molar-refractivity contribution is -0.128. The van der Waals surface area contributed by atoms with Gasteiger partial charge < -0.3 is 10.3 Å². The molecule has 1 saturated heterocycles. The molecule has 130 valence electrons. The Morgan fingerprint density at radius 1 is 1.33 bits per heavy atom. The van der Waals surface area contributed by atoms with Crippen LogP contribution in [-0.4, -0.2) is 39.9 Å². The van der Waals surface area contributed by atoms with Gasteiger partial charge in [-0.15, -0.1) is 0 Å². The number of aryl methyl sites for hydroxylation is 1. The zero-order valence-electron chi connectivity index (χ0n) is 14.3. The van der Waals surface area contributed by atoms with E-state index in [-0.39, 0.29) is 23.4 Å². The number of hydrogen-bond acceptors (Lipinski definition) is 4. The van der Waals surface area contributed by atoms with Crippen LogP contribution in [-0.2, 0) is 11.3 Å². The molecule has 4 rings (SSSR count). The standard InChI is InChI=1S/C18H26N4O2/c1-11-19-14(7-17(23)20-11)8-22-9-15(12-5-6-12)16(10-22)21-18(24)13-3-2-4-13/h7,12-13,15-16H,2-6,8-10H2,1H3,(H,21,24)(H,19,20,23)/t15-,16+/m1/s1. The van der Waals surface area contributed by atoms with Crippen molar-refractivity contribution in [3.8, 4) is 0 Å². The third kappa shape index (κ3) is 3.38. The van der Waals surface area contributed by atoms with Crippen LogP contribution in [0.25, 0.3) is 0 Å². The maximum atomic E-state index is 12.3. The number of rotatable bonds is 5. The summed E-state index contributed by atoms with van der Waals surface area (Å²) >= 11 is 0. The second kappa shape index (κ2) is 6.31. The highest BCUT2D eigenvalue weighted by molar-refractivity contribution is 5.79. The van der Waals surface area contributed by atoms with Crippen LogP contribution in [0, 0.1) is 24.7 Å². The van der Waals surface area contributed by atoms with E-state index >= 15 is 0 Å². The lowest BCUT2D eigenvalue weighted by atomic mass is 9.84. The Morgan fingerprint density at radius 2 is 2.12 bits per heavy atom. The van der Waals surface area contributed by atoms with Crippen LogP contribution < -0.4 is 10.9 Å². The molecule has 0 aromatic carbocycles. The number of nitrogens with zero attached hydrogens (tertiary/aromatic N) is 2. The molecule has 1 aliphatic heterocycles. The van der Waals surface area contributed by atoms with Crippen LogP contribution in [0.2, 0.25) is 0 Å². The third-order valence-corrected chi connectivity index (χ3v) is 5.77. The Morgan fingerprint density at radius 3 is 2.75 bits per heavy atom.